The molecule has 0 aromatic carbocycles. The number of rotatable bonds is 2. The maximum Gasteiger partial charge on any atom is 0.166 e. The summed E-state index contributed by atoms with van der Waals surface area (Å²) < 4.78 is 1.75. The van der Waals surface area contributed by atoms with Crippen molar-refractivity contribution in [1.82, 2.24) is 19.7 Å². The van der Waals surface area contributed by atoms with Crippen LogP contribution in [0.2, 0.25) is 0 Å². The summed E-state index contributed by atoms with van der Waals surface area (Å²) in [6.07, 6.45) is 3.70. The van der Waals surface area contributed by atoms with Crippen LogP contribution in [-0.4, -0.2) is 26.8 Å². The monoisotopic (exact) mass is 259 g/mol. The fourth-order valence-electron chi connectivity index (χ4n) is 1.90. The number of anilines is 1. The molecule has 0 saturated carbocycles. The molecule has 3 aromatic heterocycles. The molecule has 0 atom stereocenters. The molecule has 3 aromatic rings. The number of hydrogen-bond acceptors (Lipinski definition) is 5. The van der Waals surface area contributed by atoms with Gasteiger partial charge in [-0.15, -0.1) is 11.3 Å². The lowest BCUT2D eigenvalue weighted by molar-refractivity contribution is 0.768. The molecule has 0 saturated heterocycles. The van der Waals surface area contributed by atoms with E-state index >= 15 is 0 Å². The van der Waals surface area contributed by atoms with E-state index < -0.39 is 0 Å². The van der Waals surface area contributed by atoms with Crippen molar-refractivity contribution in [3.8, 4) is 11.4 Å². The molecule has 6 heteroatoms. The number of aryl methyl sites for hydroxylation is 2. The first-order chi connectivity index (χ1) is 8.67. The highest BCUT2D eigenvalue weighted by molar-refractivity contribution is 7.18. The average molecular weight is 259 g/mol. The average Bonchev–Trinajstić information content (AvgIpc) is 2.92. The van der Waals surface area contributed by atoms with Crippen LogP contribution >= 0.6 is 11.3 Å². The van der Waals surface area contributed by atoms with Crippen molar-refractivity contribution in [2.75, 3.05) is 12.4 Å². The quantitative estimate of drug-likeness (QED) is 0.768. The summed E-state index contributed by atoms with van der Waals surface area (Å²) in [5.74, 6) is 1.57. The van der Waals surface area contributed by atoms with E-state index in [1.165, 1.54) is 4.88 Å². The van der Waals surface area contributed by atoms with E-state index in [1.54, 1.807) is 22.2 Å². The number of thiophene rings is 1. The van der Waals surface area contributed by atoms with Crippen molar-refractivity contribution in [2.24, 2.45) is 7.05 Å². The van der Waals surface area contributed by atoms with Crippen LogP contribution in [0.3, 0.4) is 0 Å². The lowest BCUT2D eigenvalue weighted by Gasteiger charge is -2.03. The van der Waals surface area contributed by atoms with E-state index in [4.69, 9.17) is 0 Å². The normalized spacial score (nSPS) is 11.1. The van der Waals surface area contributed by atoms with Gasteiger partial charge in [0, 0.05) is 25.2 Å². The third-order valence-electron chi connectivity index (χ3n) is 2.72. The van der Waals surface area contributed by atoms with Gasteiger partial charge in [-0.2, -0.15) is 5.10 Å². The largest absolute Gasteiger partial charge is 0.372 e. The maximum atomic E-state index is 4.60. The summed E-state index contributed by atoms with van der Waals surface area (Å²) in [4.78, 5) is 11.4. The fraction of sp³-hybridized carbons (Fsp3) is 0.250. The fourth-order valence-corrected chi connectivity index (χ4v) is 2.78. The minimum absolute atomic E-state index is 0.710. The molecule has 3 rings (SSSR count). The molecular weight excluding hydrogens is 246 g/mol. The molecule has 18 heavy (non-hydrogen) atoms. The number of fused-ring (bicyclic) bond motifs is 1. The lowest BCUT2D eigenvalue weighted by Crippen LogP contribution is -1.96. The summed E-state index contributed by atoms with van der Waals surface area (Å²) >= 11 is 1.68. The van der Waals surface area contributed by atoms with Crippen molar-refractivity contribution in [3.63, 3.8) is 0 Å². The van der Waals surface area contributed by atoms with Crippen LogP contribution in [-0.2, 0) is 7.05 Å². The van der Waals surface area contributed by atoms with Gasteiger partial charge >= 0.3 is 0 Å². The van der Waals surface area contributed by atoms with E-state index in [2.05, 4.69) is 33.4 Å². The molecule has 0 unspecified atom stereocenters. The molecule has 0 aliphatic rings. The predicted molar refractivity (Wildman–Crippen MR) is 73.9 cm³/mol. The Morgan fingerprint density at radius 3 is 2.83 bits per heavy atom. The second-order valence-electron chi connectivity index (χ2n) is 4.12. The van der Waals surface area contributed by atoms with Crippen LogP contribution in [0.5, 0.6) is 0 Å². The van der Waals surface area contributed by atoms with Crippen LogP contribution in [0.1, 0.15) is 4.88 Å². The maximum absolute atomic E-state index is 4.60. The second kappa shape index (κ2) is 4.06. The van der Waals surface area contributed by atoms with E-state index in [-0.39, 0.29) is 0 Å². The lowest BCUT2D eigenvalue weighted by atomic mass is 10.3. The minimum atomic E-state index is 0.710. The van der Waals surface area contributed by atoms with E-state index in [0.29, 0.717) is 5.82 Å². The van der Waals surface area contributed by atoms with Gasteiger partial charge in [0.25, 0.3) is 0 Å². The standard InChI is InChI=1S/C12H13N5S/c1-7-4-9-11(13-2)15-10(16-12(9)18-7)8-5-14-17(3)6-8/h4-6H,1-3H3,(H,13,15,16). The predicted octanol–water partition coefficient (Wildman–Crippen LogP) is 2.44. The highest BCUT2D eigenvalue weighted by atomic mass is 32.1. The molecule has 0 aliphatic carbocycles. The van der Waals surface area contributed by atoms with Crippen LogP contribution in [0.4, 0.5) is 5.82 Å². The number of nitrogens with zero attached hydrogens (tertiary/aromatic N) is 4. The summed E-state index contributed by atoms with van der Waals surface area (Å²) in [5.41, 5.74) is 0.932. The van der Waals surface area contributed by atoms with Crippen LogP contribution in [0.15, 0.2) is 18.5 Å². The zero-order valence-corrected chi connectivity index (χ0v) is 11.2. The first-order valence-corrected chi connectivity index (χ1v) is 6.44. The van der Waals surface area contributed by atoms with Gasteiger partial charge in [-0.05, 0) is 13.0 Å². The SMILES string of the molecule is CNc1nc(-c2cnn(C)c2)nc2sc(C)cc12. The third-order valence-corrected chi connectivity index (χ3v) is 3.66. The molecule has 0 spiro atoms. The highest BCUT2D eigenvalue weighted by Crippen LogP contribution is 2.30. The zero-order valence-electron chi connectivity index (χ0n) is 10.4. The Bertz CT molecular complexity index is 712. The molecule has 0 fully saturated rings. The van der Waals surface area contributed by atoms with Crippen molar-refractivity contribution in [1.29, 1.82) is 0 Å². The first-order valence-electron chi connectivity index (χ1n) is 5.62. The van der Waals surface area contributed by atoms with Crippen LogP contribution in [0, 0.1) is 6.92 Å². The Kier molecular flexibility index (Phi) is 2.52. The van der Waals surface area contributed by atoms with Gasteiger partial charge in [-0.1, -0.05) is 0 Å². The topological polar surface area (TPSA) is 55.6 Å². The Hall–Kier alpha value is -1.95. The van der Waals surface area contributed by atoms with Gasteiger partial charge in [0.1, 0.15) is 10.6 Å². The Morgan fingerprint density at radius 1 is 1.33 bits per heavy atom. The van der Waals surface area contributed by atoms with Gasteiger partial charge in [-0.3, -0.25) is 4.68 Å². The van der Waals surface area contributed by atoms with E-state index in [0.717, 1.165) is 21.6 Å². The van der Waals surface area contributed by atoms with Crippen molar-refractivity contribution < 1.29 is 0 Å². The number of hydrogen-bond donors (Lipinski definition) is 1. The molecular formula is C12H13N5S. The molecule has 0 aliphatic heterocycles. The molecule has 0 amide bonds. The summed E-state index contributed by atoms with van der Waals surface area (Å²) in [6, 6.07) is 2.11. The highest BCUT2D eigenvalue weighted by Gasteiger charge is 2.11. The van der Waals surface area contributed by atoms with Crippen molar-refractivity contribution >= 4 is 27.4 Å². The second-order valence-corrected chi connectivity index (χ2v) is 5.36. The van der Waals surface area contributed by atoms with Gasteiger partial charge in [0.15, 0.2) is 5.82 Å². The summed E-state index contributed by atoms with van der Waals surface area (Å²) in [5, 5.41) is 8.36. The number of aromatic nitrogens is 4. The Morgan fingerprint density at radius 2 is 2.17 bits per heavy atom. The molecule has 1 N–H and O–H groups in total. The molecule has 92 valence electrons. The first kappa shape index (κ1) is 11.2. The molecule has 0 bridgehead atoms. The molecule has 3 heterocycles. The van der Waals surface area contributed by atoms with Gasteiger partial charge in [-0.25, -0.2) is 9.97 Å². The smallest absolute Gasteiger partial charge is 0.166 e. The molecule has 0 radical (unpaired) electrons. The summed E-state index contributed by atoms with van der Waals surface area (Å²) in [6.45, 7) is 2.08. The van der Waals surface area contributed by atoms with E-state index in [1.807, 2.05) is 20.3 Å². The van der Waals surface area contributed by atoms with Gasteiger partial charge < -0.3 is 5.32 Å². The van der Waals surface area contributed by atoms with Crippen LogP contribution in [0.25, 0.3) is 21.6 Å². The molecule has 5 nitrogen and oxygen atoms in total. The van der Waals surface area contributed by atoms with Crippen molar-refractivity contribution in [3.05, 3.63) is 23.3 Å². The Labute approximate surface area is 109 Å². The zero-order chi connectivity index (χ0) is 12.7. The van der Waals surface area contributed by atoms with Crippen LogP contribution < -0.4 is 5.32 Å². The Balaban J connectivity index is 2.24. The van der Waals surface area contributed by atoms with E-state index in [9.17, 15) is 0 Å². The third kappa shape index (κ3) is 1.74. The number of nitrogens with one attached hydrogen (secondary N) is 1. The minimum Gasteiger partial charge on any atom is -0.372 e. The summed E-state index contributed by atoms with van der Waals surface area (Å²) in [7, 11) is 3.76. The van der Waals surface area contributed by atoms with Gasteiger partial charge in [0.2, 0.25) is 0 Å². The van der Waals surface area contributed by atoms with Crippen molar-refractivity contribution in [2.45, 2.75) is 6.92 Å². The van der Waals surface area contributed by atoms with Gasteiger partial charge in [0.05, 0.1) is 17.1 Å².